The molecule has 28 heavy (non-hydrogen) atoms. The van der Waals surface area contributed by atoms with Crippen molar-refractivity contribution >= 4 is 23.3 Å². The Bertz CT molecular complexity index is 1010. The van der Waals surface area contributed by atoms with E-state index in [1.54, 1.807) is 24.3 Å². The Morgan fingerprint density at radius 2 is 1.89 bits per heavy atom. The van der Waals surface area contributed by atoms with Crippen molar-refractivity contribution in [2.45, 2.75) is 6.54 Å². The fraction of sp³-hybridized carbons (Fsp3) is 0.150. The molecule has 3 aromatic rings. The summed E-state index contributed by atoms with van der Waals surface area (Å²) in [6.07, 6.45) is 1.45. The van der Waals surface area contributed by atoms with Crippen molar-refractivity contribution in [1.29, 1.82) is 0 Å². The van der Waals surface area contributed by atoms with Gasteiger partial charge in [0.05, 0.1) is 18.4 Å². The van der Waals surface area contributed by atoms with Crippen LogP contribution in [0.4, 0.5) is 17.3 Å². The van der Waals surface area contributed by atoms with Gasteiger partial charge in [-0.1, -0.05) is 18.2 Å². The third-order valence-corrected chi connectivity index (χ3v) is 4.17. The molecule has 0 unspecified atom stereocenters. The Morgan fingerprint density at radius 1 is 1.07 bits per heavy atom. The van der Waals surface area contributed by atoms with Gasteiger partial charge in [-0.2, -0.15) is 0 Å². The molecule has 2 N–H and O–H groups in total. The lowest BCUT2D eigenvalue weighted by Crippen LogP contribution is -2.07. The molecule has 0 fully saturated rings. The van der Waals surface area contributed by atoms with Gasteiger partial charge in [-0.15, -0.1) is 0 Å². The lowest BCUT2D eigenvalue weighted by atomic mass is 10.2. The second-order valence-electron chi connectivity index (χ2n) is 5.99. The summed E-state index contributed by atoms with van der Waals surface area (Å²) >= 11 is 0. The zero-order chi connectivity index (χ0) is 19.3. The Labute approximate surface area is 161 Å². The normalized spacial score (nSPS) is 11.8. The van der Waals surface area contributed by atoms with Gasteiger partial charge in [0.25, 0.3) is 0 Å². The second kappa shape index (κ2) is 7.83. The SMILES string of the molecule is COC(=O)c1ccccc1Nc1cc(NCc2ccc3c(c2)OCO3)ncn1. The van der Waals surface area contributed by atoms with Crippen molar-refractivity contribution < 1.29 is 19.0 Å². The van der Waals surface area contributed by atoms with Crippen molar-refractivity contribution in [2.24, 2.45) is 0 Å². The highest BCUT2D eigenvalue weighted by atomic mass is 16.7. The summed E-state index contributed by atoms with van der Waals surface area (Å²) in [6.45, 7) is 0.812. The number of nitrogens with one attached hydrogen (secondary N) is 2. The van der Waals surface area contributed by atoms with Crippen molar-refractivity contribution in [2.75, 3.05) is 24.5 Å². The number of hydrogen-bond acceptors (Lipinski definition) is 8. The molecule has 0 radical (unpaired) electrons. The molecule has 2 heterocycles. The molecular weight excluding hydrogens is 360 g/mol. The summed E-state index contributed by atoms with van der Waals surface area (Å²) in [5, 5.41) is 6.38. The maximum absolute atomic E-state index is 11.9. The maximum Gasteiger partial charge on any atom is 0.339 e. The average molecular weight is 378 g/mol. The lowest BCUT2D eigenvalue weighted by Gasteiger charge is -2.11. The summed E-state index contributed by atoms with van der Waals surface area (Å²) in [6, 6.07) is 14.6. The number of esters is 1. The minimum atomic E-state index is -0.418. The summed E-state index contributed by atoms with van der Waals surface area (Å²) in [5.74, 6) is 2.27. The van der Waals surface area contributed by atoms with E-state index in [4.69, 9.17) is 14.2 Å². The molecule has 0 amide bonds. The number of hydrogen-bond donors (Lipinski definition) is 2. The quantitative estimate of drug-likeness (QED) is 0.631. The Kier molecular flexibility index (Phi) is 4.92. The zero-order valence-corrected chi connectivity index (χ0v) is 15.1. The number of nitrogens with zero attached hydrogens (tertiary/aromatic N) is 2. The third kappa shape index (κ3) is 3.80. The van der Waals surface area contributed by atoms with Crippen LogP contribution >= 0.6 is 0 Å². The number of benzene rings is 2. The van der Waals surface area contributed by atoms with Crippen molar-refractivity contribution in [3.63, 3.8) is 0 Å². The van der Waals surface area contributed by atoms with E-state index in [0.29, 0.717) is 29.4 Å². The van der Waals surface area contributed by atoms with Crippen LogP contribution in [0.15, 0.2) is 54.9 Å². The summed E-state index contributed by atoms with van der Waals surface area (Å²) in [4.78, 5) is 20.3. The number of ether oxygens (including phenoxy) is 3. The molecule has 0 atom stereocenters. The molecule has 0 spiro atoms. The topological polar surface area (TPSA) is 94.6 Å². The van der Waals surface area contributed by atoms with Gasteiger partial charge in [0, 0.05) is 12.6 Å². The van der Waals surface area contributed by atoms with Crippen LogP contribution in [-0.2, 0) is 11.3 Å². The summed E-state index contributed by atoms with van der Waals surface area (Å²) < 4.78 is 15.5. The first kappa shape index (κ1) is 17.6. The van der Waals surface area contributed by atoms with Crippen LogP contribution in [0.5, 0.6) is 11.5 Å². The largest absolute Gasteiger partial charge is 0.465 e. The van der Waals surface area contributed by atoms with Crippen LogP contribution in [0.25, 0.3) is 0 Å². The molecule has 0 saturated carbocycles. The predicted molar refractivity (Wildman–Crippen MR) is 103 cm³/mol. The fourth-order valence-corrected chi connectivity index (χ4v) is 2.78. The monoisotopic (exact) mass is 378 g/mol. The first-order chi connectivity index (χ1) is 13.7. The van der Waals surface area contributed by atoms with Gasteiger partial charge in [0.2, 0.25) is 6.79 Å². The van der Waals surface area contributed by atoms with Crippen LogP contribution in [0.2, 0.25) is 0 Å². The minimum Gasteiger partial charge on any atom is -0.465 e. The van der Waals surface area contributed by atoms with Gasteiger partial charge in [-0.3, -0.25) is 0 Å². The molecule has 2 aromatic carbocycles. The Balaban J connectivity index is 1.46. The number of carbonyl (C=O) groups is 1. The van der Waals surface area contributed by atoms with Gasteiger partial charge >= 0.3 is 5.97 Å². The Morgan fingerprint density at radius 3 is 2.79 bits per heavy atom. The lowest BCUT2D eigenvalue weighted by molar-refractivity contribution is 0.0602. The van der Waals surface area contributed by atoms with E-state index >= 15 is 0 Å². The first-order valence-electron chi connectivity index (χ1n) is 8.62. The molecule has 1 aliphatic rings. The number of anilines is 3. The fourth-order valence-electron chi connectivity index (χ4n) is 2.78. The average Bonchev–Trinajstić information content (AvgIpc) is 3.20. The first-order valence-corrected chi connectivity index (χ1v) is 8.62. The molecule has 8 nitrogen and oxygen atoms in total. The molecule has 8 heteroatoms. The molecule has 0 saturated heterocycles. The van der Waals surface area contributed by atoms with Crippen molar-refractivity contribution in [3.8, 4) is 11.5 Å². The standard InChI is InChI=1S/C20H18N4O4/c1-26-20(25)14-4-2-3-5-15(14)24-19-9-18(22-11-23-19)21-10-13-6-7-16-17(8-13)28-12-27-16/h2-9,11H,10,12H2,1H3,(H2,21,22,23,24). The molecule has 1 aliphatic heterocycles. The maximum atomic E-state index is 11.9. The van der Waals surface area contributed by atoms with E-state index in [0.717, 1.165) is 17.1 Å². The van der Waals surface area contributed by atoms with E-state index in [-0.39, 0.29) is 6.79 Å². The predicted octanol–water partition coefficient (Wildman–Crippen LogP) is 3.35. The number of carbonyl (C=O) groups excluding carboxylic acids is 1. The van der Waals surface area contributed by atoms with Crippen molar-refractivity contribution in [3.05, 3.63) is 66.0 Å². The van der Waals surface area contributed by atoms with Crippen LogP contribution < -0.4 is 20.1 Å². The van der Waals surface area contributed by atoms with E-state index in [9.17, 15) is 4.79 Å². The van der Waals surface area contributed by atoms with Gasteiger partial charge < -0.3 is 24.8 Å². The summed E-state index contributed by atoms with van der Waals surface area (Å²) in [5.41, 5.74) is 2.07. The van der Waals surface area contributed by atoms with Gasteiger partial charge in [0.1, 0.15) is 18.0 Å². The third-order valence-electron chi connectivity index (χ3n) is 4.17. The highest BCUT2D eigenvalue weighted by Gasteiger charge is 2.14. The van der Waals surface area contributed by atoms with Crippen LogP contribution in [-0.4, -0.2) is 29.8 Å². The number of methoxy groups -OCH3 is 1. The highest BCUT2D eigenvalue weighted by Crippen LogP contribution is 2.32. The number of fused-ring (bicyclic) bond motifs is 1. The number of aromatic nitrogens is 2. The van der Waals surface area contributed by atoms with Gasteiger partial charge in [-0.25, -0.2) is 14.8 Å². The highest BCUT2D eigenvalue weighted by molar-refractivity contribution is 5.96. The van der Waals surface area contributed by atoms with E-state index < -0.39 is 5.97 Å². The van der Waals surface area contributed by atoms with E-state index in [2.05, 4.69) is 20.6 Å². The van der Waals surface area contributed by atoms with Gasteiger partial charge in [-0.05, 0) is 29.8 Å². The van der Waals surface area contributed by atoms with Crippen LogP contribution in [0, 0.1) is 0 Å². The number of rotatable bonds is 6. The molecule has 4 rings (SSSR count). The second-order valence-corrected chi connectivity index (χ2v) is 5.99. The molecule has 1 aromatic heterocycles. The van der Waals surface area contributed by atoms with E-state index in [1.807, 2.05) is 24.3 Å². The van der Waals surface area contributed by atoms with Crippen LogP contribution in [0.1, 0.15) is 15.9 Å². The zero-order valence-electron chi connectivity index (χ0n) is 15.1. The molecule has 142 valence electrons. The van der Waals surface area contributed by atoms with Gasteiger partial charge in [0.15, 0.2) is 11.5 Å². The number of para-hydroxylation sites is 1. The Hall–Kier alpha value is -3.81. The van der Waals surface area contributed by atoms with Crippen LogP contribution in [0.3, 0.4) is 0 Å². The minimum absolute atomic E-state index is 0.250. The molecule has 0 bridgehead atoms. The summed E-state index contributed by atoms with van der Waals surface area (Å²) in [7, 11) is 1.35. The molecule has 0 aliphatic carbocycles. The van der Waals surface area contributed by atoms with E-state index in [1.165, 1.54) is 13.4 Å². The molecular formula is C20H18N4O4. The smallest absolute Gasteiger partial charge is 0.339 e. The van der Waals surface area contributed by atoms with Crippen molar-refractivity contribution in [1.82, 2.24) is 9.97 Å².